The van der Waals surface area contributed by atoms with Crippen LogP contribution in [0.25, 0.3) is 0 Å². The van der Waals surface area contributed by atoms with E-state index in [0.717, 1.165) is 12.8 Å². The molecule has 7 nitrogen and oxygen atoms in total. The van der Waals surface area contributed by atoms with Gasteiger partial charge in [-0.25, -0.2) is 4.79 Å². The number of hydrogen-bond donors (Lipinski definition) is 1. The predicted molar refractivity (Wildman–Crippen MR) is 89.3 cm³/mol. The third-order valence-corrected chi connectivity index (χ3v) is 4.06. The molecule has 2 rings (SSSR count). The molecular weight excluding hydrogens is 324 g/mol. The van der Waals surface area contributed by atoms with Gasteiger partial charge in [-0.2, -0.15) is 5.26 Å². The van der Waals surface area contributed by atoms with Crippen molar-refractivity contribution >= 4 is 11.9 Å². The lowest BCUT2D eigenvalue weighted by Gasteiger charge is -2.22. The molecule has 0 saturated heterocycles. The first-order chi connectivity index (χ1) is 11.9. The highest BCUT2D eigenvalue weighted by molar-refractivity contribution is 5.92. The minimum Gasteiger partial charge on any atom is -0.493 e. The summed E-state index contributed by atoms with van der Waals surface area (Å²) in [5, 5.41) is 11.9. The smallest absolute Gasteiger partial charge is 0.338 e. The van der Waals surface area contributed by atoms with Crippen LogP contribution in [0.2, 0.25) is 0 Å². The molecule has 0 spiro atoms. The standard InChI is InChI=1S/C18H22N2O5/c1-4-24-15-9-12(5-8-14(15)23-3)17(22)25-10-16(21)20-18(2,11-19)13-6-7-13/h5,8-9,13H,4,6-7,10H2,1-3H3,(H,20,21)/t18-/m0/s1. The normalized spacial score (nSPS) is 15.4. The van der Waals surface area contributed by atoms with Crippen molar-refractivity contribution in [2.45, 2.75) is 32.2 Å². The molecule has 1 saturated carbocycles. The van der Waals surface area contributed by atoms with Gasteiger partial charge in [0, 0.05) is 0 Å². The van der Waals surface area contributed by atoms with Gasteiger partial charge in [0.1, 0.15) is 5.54 Å². The summed E-state index contributed by atoms with van der Waals surface area (Å²) in [4.78, 5) is 24.1. The van der Waals surface area contributed by atoms with E-state index in [1.807, 2.05) is 6.92 Å². The number of ether oxygens (including phenoxy) is 3. The lowest BCUT2D eigenvalue weighted by Crippen LogP contribution is -2.48. The number of carbonyl (C=O) groups excluding carboxylic acids is 2. The molecule has 0 radical (unpaired) electrons. The van der Waals surface area contributed by atoms with Crippen molar-refractivity contribution in [2.75, 3.05) is 20.3 Å². The van der Waals surface area contributed by atoms with Gasteiger partial charge in [-0.05, 0) is 50.8 Å². The number of rotatable bonds is 8. The maximum Gasteiger partial charge on any atom is 0.338 e. The molecule has 134 valence electrons. The van der Waals surface area contributed by atoms with E-state index in [0.29, 0.717) is 18.1 Å². The third kappa shape index (κ3) is 4.63. The average Bonchev–Trinajstić information content (AvgIpc) is 3.45. The Morgan fingerprint density at radius 2 is 2.08 bits per heavy atom. The summed E-state index contributed by atoms with van der Waals surface area (Å²) in [6.45, 7) is 3.48. The molecule has 1 aliphatic rings. The van der Waals surface area contributed by atoms with Crippen molar-refractivity contribution < 1.29 is 23.8 Å². The van der Waals surface area contributed by atoms with Gasteiger partial charge in [0.25, 0.3) is 5.91 Å². The molecule has 1 N–H and O–H groups in total. The van der Waals surface area contributed by atoms with E-state index in [1.165, 1.54) is 19.2 Å². The molecule has 1 atom stereocenters. The Kier molecular flexibility index (Phi) is 5.86. The highest BCUT2D eigenvalue weighted by atomic mass is 16.5. The summed E-state index contributed by atoms with van der Waals surface area (Å²) in [6, 6.07) is 6.76. The van der Waals surface area contributed by atoms with Crippen LogP contribution in [0.3, 0.4) is 0 Å². The second-order valence-electron chi connectivity index (χ2n) is 6.01. The fourth-order valence-electron chi connectivity index (χ4n) is 2.49. The van der Waals surface area contributed by atoms with E-state index < -0.39 is 24.0 Å². The van der Waals surface area contributed by atoms with Crippen LogP contribution in [0.15, 0.2) is 18.2 Å². The van der Waals surface area contributed by atoms with Crippen molar-refractivity contribution in [3.63, 3.8) is 0 Å². The van der Waals surface area contributed by atoms with Gasteiger partial charge in [0.2, 0.25) is 0 Å². The van der Waals surface area contributed by atoms with Gasteiger partial charge in [-0.3, -0.25) is 4.79 Å². The van der Waals surface area contributed by atoms with Crippen LogP contribution in [0.5, 0.6) is 11.5 Å². The summed E-state index contributed by atoms with van der Waals surface area (Å²) in [6.07, 6.45) is 1.83. The second-order valence-corrected chi connectivity index (χ2v) is 6.01. The topological polar surface area (TPSA) is 97.6 Å². The Bertz CT molecular complexity index is 693. The molecule has 1 aromatic rings. The van der Waals surface area contributed by atoms with E-state index >= 15 is 0 Å². The molecule has 0 unspecified atom stereocenters. The third-order valence-electron chi connectivity index (χ3n) is 4.06. The molecule has 1 aliphatic carbocycles. The molecule has 0 aliphatic heterocycles. The molecule has 0 bridgehead atoms. The highest BCUT2D eigenvalue weighted by Gasteiger charge is 2.43. The monoisotopic (exact) mass is 346 g/mol. The van der Waals surface area contributed by atoms with Gasteiger partial charge in [0.05, 0.1) is 25.3 Å². The van der Waals surface area contributed by atoms with Gasteiger partial charge in [0.15, 0.2) is 18.1 Å². The Hall–Kier alpha value is -2.75. The summed E-state index contributed by atoms with van der Waals surface area (Å²) in [5.41, 5.74) is -0.659. The van der Waals surface area contributed by atoms with E-state index in [9.17, 15) is 14.9 Å². The Morgan fingerprint density at radius 1 is 1.36 bits per heavy atom. The molecule has 1 fully saturated rings. The van der Waals surface area contributed by atoms with Crippen LogP contribution in [0.4, 0.5) is 0 Å². The van der Waals surface area contributed by atoms with Crippen LogP contribution in [0, 0.1) is 17.2 Å². The van der Waals surface area contributed by atoms with Gasteiger partial charge >= 0.3 is 5.97 Å². The van der Waals surface area contributed by atoms with E-state index in [1.54, 1.807) is 13.0 Å². The Labute approximate surface area is 146 Å². The number of nitriles is 1. The maximum atomic E-state index is 12.1. The number of methoxy groups -OCH3 is 1. The van der Waals surface area contributed by atoms with E-state index in [4.69, 9.17) is 14.2 Å². The Morgan fingerprint density at radius 3 is 2.64 bits per heavy atom. The first-order valence-corrected chi connectivity index (χ1v) is 8.13. The van der Waals surface area contributed by atoms with Crippen LogP contribution in [-0.4, -0.2) is 37.7 Å². The average molecular weight is 346 g/mol. The minimum atomic E-state index is -0.911. The maximum absolute atomic E-state index is 12.1. The fraction of sp³-hybridized carbons (Fsp3) is 0.500. The van der Waals surface area contributed by atoms with Gasteiger partial charge in [-0.1, -0.05) is 0 Å². The van der Waals surface area contributed by atoms with Crippen LogP contribution < -0.4 is 14.8 Å². The van der Waals surface area contributed by atoms with Crippen molar-refractivity contribution in [1.82, 2.24) is 5.32 Å². The molecule has 0 heterocycles. The second kappa shape index (κ2) is 7.88. The summed E-state index contributed by atoms with van der Waals surface area (Å²) >= 11 is 0. The zero-order valence-corrected chi connectivity index (χ0v) is 14.6. The molecule has 1 amide bonds. The quantitative estimate of drug-likeness (QED) is 0.724. The molecule has 0 aromatic heterocycles. The van der Waals surface area contributed by atoms with Crippen molar-refractivity contribution in [3.05, 3.63) is 23.8 Å². The summed E-state index contributed by atoms with van der Waals surface area (Å²) in [7, 11) is 1.51. The fourth-order valence-corrected chi connectivity index (χ4v) is 2.49. The first-order valence-electron chi connectivity index (χ1n) is 8.13. The number of nitrogens with one attached hydrogen (secondary N) is 1. The van der Waals surface area contributed by atoms with Crippen LogP contribution >= 0.6 is 0 Å². The van der Waals surface area contributed by atoms with E-state index in [2.05, 4.69) is 11.4 Å². The van der Waals surface area contributed by atoms with Crippen LogP contribution in [-0.2, 0) is 9.53 Å². The zero-order valence-electron chi connectivity index (χ0n) is 14.6. The van der Waals surface area contributed by atoms with Crippen molar-refractivity contribution in [1.29, 1.82) is 5.26 Å². The molecular formula is C18H22N2O5. The number of amides is 1. The zero-order chi connectivity index (χ0) is 18.4. The molecule has 7 heteroatoms. The van der Waals surface area contributed by atoms with Crippen LogP contribution in [0.1, 0.15) is 37.0 Å². The number of esters is 1. The molecule has 1 aromatic carbocycles. The predicted octanol–water partition coefficient (Wildman–Crippen LogP) is 2.06. The highest BCUT2D eigenvalue weighted by Crippen LogP contribution is 2.39. The summed E-state index contributed by atoms with van der Waals surface area (Å²) in [5.74, 6) is -0.0563. The number of carbonyl (C=O) groups is 2. The largest absolute Gasteiger partial charge is 0.493 e. The van der Waals surface area contributed by atoms with E-state index in [-0.39, 0.29) is 11.5 Å². The lowest BCUT2D eigenvalue weighted by molar-refractivity contribution is -0.125. The van der Waals surface area contributed by atoms with Crippen molar-refractivity contribution in [2.24, 2.45) is 5.92 Å². The first kappa shape index (κ1) is 18.6. The SMILES string of the molecule is CCOc1cc(C(=O)OCC(=O)N[C@@](C)(C#N)C2CC2)ccc1OC. The lowest BCUT2D eigenvalue weighted by atomic mass is 9.98. The number of benzene rings is 1. The van der Waals surface area contributed by atoms with Gasteiger partial charge < -0.3 is 19.5 Å². The van der Waals surface area contributed by atoms with Gasteiger partial charge in [-0.15, -0.1) is 0 Å². The summed E-state index contributed by atoms with van der Waals surface area (Å²) < 4.78 is 15.6. The van der Waals surface area contributed by atoms with Crippen molar-refractivity contribution in [3.8, 4) is 17.6 Å². The Balaban J connectivity index is 1.94. The number of hydrogen-bond acceptors (Lipinski definition) is 6. The minimum absolute atomic E-state index is 0.160. The number of nitrogens with zero attached hydrogens (tertiary/aromatic N) is 1. The molecule has 25 heavy (non-hydrogen) atoms.